The van der Waals surface area contributed by atoms with Crippen LogP contribution in [0.25, 0.3) is 0 Å². The first-order valence-electron chi connectivity index (χ1n) is 7.16. The molecule has 21 heavy (non-hydrogen) atoms. The van der Waals surface area contributed by atoms with Gasteiger partial charge in [0.25, 0.3) is 0 Å². The van der Waals surface area contributed by atoms with E-state index in [-0.39, 0.29) is 18.6 Å². The van der Waals surface area contributed by atoms with E-state index in [0.29, 0.717) is 12.6 Å². The summed E-state index contributed by atoms with van der Waals surface area (Å²) in [5.74, 6) is -0.724. The van der Waals surface area contributed by atoms with E-state index in [1.54, 1.807) is 13.8 Å². The molecule has 0 rings (SSSR count). The summed E-state index contributed by atoms with van der Waals surface area (Å²) in [6.45, 7) is 5.12. The van der Waals surface area contributed by atoms with Crippen LogP contribution in [0.4, 0.5) is 4.79 Å². The summed E-state index contributed by atoms with van der Waals surface area (Å²) in [5, 5.41) is 2.43. The van der Waals surface area contributed by atoms with Gasteiger partial charge in [-0.2, -0.15) is 0 Å². The van der Waals surface area contributed by atoms with Gasteiger partial charge in [-0.1, -0.05) is 27.2 Å². The monoisotopic (exact) mass is 323 g/mol. The maximum absolute atomic E-state index is 11.7. The number of hydrogen-bond donors (Lipinski definition) is 2. The molecule has 8 heteroatoms. The fraction of sp³-hybridized carbons (Fsp3) is 0.846. The minimum absolute atomic E-state index is 0.176. The minimum Gasteiger partial charge on any atom is -0.428 e. The van der Waals surface area contributed by atoms with Gasteiger partial charge in [0, 0.05) is 18.9 Å². The molecule has 124 valence electrons. The molecule has 0 fully saturated rings. The topological polar surface area (TPSA) is 102 Å². The lowest BCUT2D eigenvalue weighted by Crippen LogP contribution is -2.27. The largest absolute Gasteiger partial charge is 0.428 e. The van der Waals surface area contributed by atoms with Crippen LogP contribution >= 0.6 is 7.37 Å². The van der Waals surface area contributed by atoms with E-state index in [1.165, 1.54) is 0 Å². The van der Waals surface area contributed by atoms with Gasteiger partial charge in [0.05, 0.1) is 5.92 Å². The maximum atomic E-state index is 11.7. The zero-order valence-electron chi connectivity index (χ0n) is 13.0. The molecule has 0 radical (unpaired) electrons. The van der Waals surface area contributed by atoms with Crippen molar-refractivity contribution in [3.63, 3.8) is 0 Å². The van der Waals surface area contributed by atoms with E-state index < -0.39 is 26.2 Å². The predicted octanol–water partition coefficient (Wildman–Crippen LogP) is 2.33. The summed E-state index contributed by atoms with van der Waals surface area (Å²) in [6.07, 6.45) is 1.79. The Kier molecular flexibility index (Phi) is 10.1. The third-order valence-electron chi connectivity index (χ3n) is 2.68. The van der Waals surface area contributed by atoms with Gasteiger partial charge >= 0.3 is 12.1 Å². The fourth-order valence-corrected chi connectivity index (χ4v) is 3.08. The minimum atomic E-state index is -3.08. The molecule has 0 aliphatic heterocycles. The van der Waals surface area contributed by atoms with Crippen LogP contribution in [0.1, 0.15) is 40.0 Å². The second-order valence-corrected chi connectivity index (χ2v) is 7.68. The standard InChI is InChI=1S/C13H26NO6P/c1-4-5-8-21(17,18)9-6-7-14-13(16)20-10-19-12(15)11(2)3/h11H,4-10H2,1-3H3,(H,14,16)(H,17,18). The van der Waals surface area contributed by atoms with Crippen LogP contribution in [-0.4, -0.2) is 42.6 Å². The quantitative estimate of drug-likeness (QED) is 0.277. The maximum Gasteiger partial charge on any atom is 0.410 e. The van der Waals surface area contributed by atoms with E-state index >= 15 is 0 Å². The Morgan fingerprint density at radius 3 is 2.38 bits per heavy atom. The Morgan fingerprint density at radius 1 is 1.19 bits per heavy atom. The van der Waals surface area contributed by atoms with E-state index in [0.717, 1.165) is 12.8 Å². The van der Waals surface area contributed by atoms with E-state index in [2.05, 4.69) is 14.8 Å². The van der Waals surface area contributed by atoms with Crippen molar-refractivity contribution in [2.24, 2.45) is 5.92 Å². The average Bonchev–Trinajstić information content (AvgIpc) is 2.41. The number of amides is 1. The summed E-state index contributed by atoms with van der Waals surface area (Å²) >= 11 is 0. The Morgan fingerprint density at radius 2 is 1.81 bits per heavy atom. The number of ether oxygens (including phenoxy) is 2. The van der Waals surface area contributed by atoms with Gasteiger partial charge in [-0.05, 0) is 12.8 Å². The Hall–Kier alpha value is -1.07. The molecule has 1 unspecified atom stereocenters. The van der Waals surface area contributed by atoms with Gasteiger partial charge in [-0.25, -0.2) is 4.79 Å². The average molecular weight is 323 g/mol. The van der Waals surface area contributed by atoms with Crippen molar-refractivity contribution in [2.75, 3.05) is 25.7 Å². The molecule has 0 aromatic carbocycles. The first-order valence-corrected chi connectivity index (χ1v) is 9.19. The van der Waals surface area contributed by atoms with Crippen LogP contribution in [0.2, 0.25) is 0 Å². The molecule has 0 aliphatic rings. The zero-order valence-corrected chi connectivity index (χ0v) is 13.9. The number of rotatable bonds is 10. The highest BCUT2D eigenvalue weighted by molar-refractivity contribution is 7.57. The van der Waals surface area contributed by atoms with Gasteiger partial charge in [0.1, 0.15) is 0 Å². The van der Waals surface area contributed by atoms with Gasteiger partial charge < -0.3 is 19.7 Å². The lowest BCUT2D eigenvalue weighted by Gasteiger charge is -2.11. The first-order chi connectivity index (χ1) is 9.78. The predicted molar refractivity (Wildman–Crippen MR) is 79.4 cm³/mol. The van der Waals surface area contributed by atoms with E-state index in [9.17, 15) is 19.0 Å². The second kappa shape index (κ2) is 10.6. The molecule has 0 aromatic rings. The second-order valence-electron chi connectivity index (χ2n) is 5.10. The lowest BCUT2D eigenvalue weighted by molar-refractivity contribution is -0.155. The van der Waals surface area contributed by atoms with E-state index in [1.807, 2.05) is 6.92 Å². The highest BCUT2D eigenvalue weighted by Gasteiger charge is 2.16. The van der Waals surface area contributed by atoms with E-state index in [4.69, 9.17) is 0 Å². The molecule has 1 atom stereocenters. The Balaban J connectivity index is 3.66. The number of esters is 1. The summed E-state index contributed by atoms with van der Waals surface area (Å²) < 4.78 is 21.0. The number of hydrogen-bond acceptors (Lipinski definition) is 5. The molecular weight excluding hydrogens is 297 g/mol. The molecule has 0 saturated carbocycles. The molecule has 7 nitrogen and oxygen atoms in total. The molecule has 0 heterocycles. The van der Waals surface area contributed by atoms with Crippen molar-refractivity contribution in [1.29, 1.82) is 0 Å². The van der Waals surface area contributed by atoms with Crippen LogP contribution in [0, 0.1) is 5.92 Å². The third-order valence-corrected chi connectivity index (χ3v) is 4.71. The van der Waals surface area contributed by atoms with Gasteiger partial charge in [-0.3, -0.25) is 9.36 Å². The number of unbranched alkanes of at least 4 members (excludes halogenated alkanes) is 1. The summed E-state index contributed by atoms with van der Waals surface area (Å²) in [7, 11) is -3.08. The lowest BCUT2D eigenvalue weighted by atomic mass is 10.2. The third kappa shape index (κ3) is 11.3. The molecule has 0 bridgehead atoms. The number of carbonyl (C=O) groups is 2. The van der Waals surface area contributed by atoms with Gasteiger partial charge in [0.2, 0.25) is 14.2 Å². The Labute approximate surface area is 125 Å². The van der Waals surface area contributed by atoms with Crippen molar-refractivity contribution in [3.8, 4) is 0 Å². The van der Waals surface area contributed by atoms with Crippen LogP contribution in [-0.2, 0) is 18.8 Å². The number of carbonyl (C=O) groups excluding carboxylic acids is 2. The molecule has 0 saturated heterocycles. The van der Waals surface area contributed by atoms with Crippen molar-refractivity contribution in [2.45, 2.75) is 40.0 Å². The zero-order chi connectivity index (χ0) is 16.3. The number of alkyl carbamates (subject to hydrolysis) is 1. The number of nitrogens with one attached hydrogen (secondary N) is 1. The first kappa shape index (κ1) is 19.9. The molecule has 1 amide bonds. The highest BCUT2D eigenvalue weighted by atomic mass is 31.2. The van der Waals surface area contributed by atoms with Crippen molar-refractivity contribution in [3.05, 3.63) is 0 Å². The van der Waals surface area contributed by atoms with Crippen LogP contribution in [0.3, 0.4) is 0 Å². The normalized spacial score (nSPS) is 13.6. The Bertz CT molecular complexity index is 372. The summed E-state index contributed by atoms with van der Waals surface area (Å²) in [5.41, 5.74) is 0. The van der Waals surface area contributed by atoms with Crippen molar-refractivity contribution < 1.29 is 28.5 Å². The summed E-state index contributed by atoms with van der Waals surface area (Å²) in [6, 6.07) is 0. The summed E-state index contributed by atoms with van der Waals surface area (Å²) in [4.78, 5) is 31.9. The van der Waals surface area contributed by atoms with Gasteiger partial charge in [-0.15, -0.1) is 0 Å². The molecular formula is C13H26NO6P. The molecule has 0 spiro atoms. The van der Waals surface area contributed by atoms with Crippen LogP contribution in [0.15, 0.2) is 0 Å². The van der Waals surface area contributed by atoms with Gasteiger partial charge in [0.15, 0.2) is 0 Å². The molecule has 0 aromatic heterocycles. The van der Waals surface area contributed by atoms with Crippen molar-refractivity contribution in [1.82, 2.24) is 5.32 Å². The molecule has 2 N–H and O–H groups in total. The fourth-order valence-electron chi connectivity index (χ4n) is 1.39. The van der Waals surface area contributed by atoms with Crippen molar-refractivity contribution >= 4 is 19.4 Å². The van der Waals surface area contributed by atoms with Crippen LogP contribution < -0.4 is 5.32 Å². The van der Waals surface area contributed by atoms with Crippen LogP contribution in [0.5, 0.6) is 0 Å². The highest BCUT2D eigenvalue weighted by Crippen LogP contribution is 2.41. The molecule has 0 aliphatic carbocycles. The SMILES string of the molecule is CCCCP(=O)(O)CCCNC(=O)OCOC(=O)C(C)C. The smallest absolute Gasteiger partial charge is 0.410 e.